The maximum absolute atomic E-state index is 13.3. The minimum Gasteiger partial charge on any atom is -0.382 e. The second-order valence-corrected chi connectivity index (χ2v) is 11.3. The molecule has 1 saturated heterocycles. The molecule has 0 spiro atoms. The molecule has 2 aromatic heterocycles. The Kier molecular flexibility index (Phi) is 7.63. The Morgan fingerprint density at radius 3 is 2.68 bits per heavy atom. The summed E-state index contributed by atoms with van der Waals surface area (Å²) in [6.07, 6.45) is 3.35. The summed E-state index contributed by atoms with van der Waals surface area (Å²) in [6, 6.07) is 16.3. The first-order valence-electron chi connectivity index (χ1n) is 13.1. The summed E-state index contributed by atoms with van der Waals surface area (Å²) in [4.78, 5) is 9.41. The quantitative estimate of drug-likeness (QED) is 0.253. The standard InChI is InChI=1S/C28H35N4O4P/c1-4-6-14-25-31-26-27(23-12-7-8-13-24(23)30-28(26)29)32(25)16-19(3)36-37(33)34-17-22(18-35-37)21-11-9-10-20(5-2)15-21/h7-13,15,19,22H,4-6,14,16-18H2,1-3H3,(H2,29,30). The number of nitrogens with two attached hydrogens (primary N) is 1. The van der Waals surface area contributed by atoms with E-state index in [2.05, 4.69) is 41.6 Å². The number of phosphoric ester groups is 1. The Morgan fingerprint density at radius 2 is 1.92 bits per heavy atom. The predicted molar refractivity (Wildman–Crippen MR) is 147 cm³/mol. The van der Waals surface area contributed by atoms with Gasteiger partial charge >= 0.3 is 7.82 Å². The van der Waals surface area contributed by atoms with Gasteiger partial charge in [-0.15, -0.1) is 0 Å². The van der Waals surface area contributed by atoms with Crippen LogP contribution in [0.3, 0.4) is 0 Å². The van der Waals surface area contributed by atoms with Crippen molar-refractivity contribution in [2.75, 3.05) is 18.9 Å². The molecule has 0 radical (unpaired) electrons. The third-order valence-electron chi connectivity index (χ3n) is 6.89. The van der Waals surface area contributed by atoms with E-state index in [0.29, 0.717) is 31.1 Å². The number of fused-ring (bicyclic) bond motifs is 3. The molecule has 4 aromatic rings. The van der Waals surface area contributed by atoms with Gasteiger partial charge in [-0.25, -0.2) is 14.5 Å². The van der Waals surface area contributed by atoms with Crippen LogP contribution in [0.15, 0.2) is 48.5 Å². The largest absolute Gasteiger partial charge is 0.475 e. The molecule has 37 heavy (non-hydrogen) atoms. The van der Waals surface area contributed by atoms with Crippen molar-refractivity contribution in [1.82, 2.24) is 14.5 Å². The Morgan fingerprint density at radius 1 is 1.14 bits per heavy atom. The van der Waals surface area contributed by atoms with Crippen molar-refractivity contribution in [1.29, 1.82) is 0 Å². The first-order chi connectivity index (χ1) is 17.9. The van der Waals surface area contributed by atoms with Gasteiger partial charge in [-0.2, -0.15) is 0 Å². The number of aromatic nitrogens is 3. The smallest absolute Gasteiger partial charge is 0.382 e. The van der Waals surface area contributed by atoms with Crippen molar-refractivity contribution in [3.63, 3.8) is 0 Å². The van der Waals surface area contributed by atoms with Crippen LogP contribution in [0.2, 0.25) is 0 Å². The number of anilines is 1. The highest BCUT2D eigenvalue weighted by Gasteiger charge is 2.36. The Labute approximate surface area is 217 Å². The number of benzene rings is 2. The zero-order chi connectivity index (χ0) is 26.0. The van der Waals surface area contributed by atoms with Crippen molar-refractivity contribution < 1.29 is 18.1 Å². The number of phosphoric acid groups is 1. The average Bonchev–Trinajstić information content (AvgIpc) is 3.26. The van der Waals surface area contributed by atoms with Crippen LogP contribution in [0.25, 0.3) is 21.9 Å². The summed E-state index contributed by atoms with van der Waals surface area (Å²) in [5.41, 5.74) is 11.1. The predicted octanol–water partition coefficient (Wildman–Crippen LogP) is 6.42. The van der Waals surface area contributed by atoms with Crippen LogP contribution in [0, 0.1) is 0 Å². The molecular weight excluding hydrogens is 487 g/mol. The van der Waals surface area contributed by atoms with Crippen LogP contribution in [0.1, 0.15) is 56.5 Å². The number of para-hydroxylation sites is 1. The summed E-state index contributed by atoms with van der Waals surface area (Å²) >= 11 is 0. The maximum atomic E-state index is 13.3. The van der Waals surface area contributed by atoms with Crippen LogP contribution in [-0.4, -0.2) is 33.9 Å². The molecule has 0 bridgehead atoms. The van der Waals surface area contributed by atoms with Crippen LogP contribution < -0.4 is 5.73 Å². The van der Waals surface area contributed by atoms with Crippen molar-refractivity contribution in [3.8, 4) is 0 Å². The molecule has 1 atom stereocenters. The molecule has 2 N–H and O–H groups in total. The zero-order valence-corrected chi connectivity index (χ0v) is 22.6. The monoisotopic (exact) mass is 522 g/mol. The fraction of sp³-hybridized carbons (Fsp3) is 0.429. The molecule has 0 aliphatic carbocycles. The molecule has 0 saturated carbocycles. The van der Waals surface area contributed by atoms with Gasteiger partial charge < -0.3 is 10.3 Å². The molecule has 196 valence electrons. The summed E-state index contributed by atoms with van der Waals surface area (Å²) in [7, 11) is -3.69. The first kappa shape index (κ1) is 25.9. The molecule has 9 heteroatoms. The van der Waals surface area contributed by atoms with Gasteiger partial charge in [0.1, 0.15) is 11.3 Å². The van der Waals surface area contributed by atoms with E-state index in [1.165, 1.54) is 5.56 Å². The molecule has 1 unspecified atom stereocenters. The van der Waals surface area contributed by atoms with Gasteiger partial charge in [-0.3, -0.25) is 13.6 Å². The van der Waals surface area contributed by atoms with Gasteiger partial charge in [0.05, 0.1) is 36.9 Å². The second kappa shape index (κ2) is 10.9. The number of unbranched alkanes of at least 4 members (excludes halogenated alkanes) is 1. The minimum absolute atomic E-state index is 0.0209. The number of nitrogen functional groups attached to an aromatic ring is 1. The van der Waals surface area contributed by atoms with E-state index in [1.54, 1.807) is 0 Å². The highest BCUT2D eigenvalue weighted by atomic mass is 31.2. The van der Waals surface area contributed by atoms with Crippen LogP contribution in [0.5, 0.6) is 0 Å². The topological polar surface area (TPSA) is 101 Å². The number of hydrogen-bond acceptors (Lipinski definition) is 7. The van der Waals surface area contributed by atoms with Crippen molar-refractivity contribution >= 4 is 35.6 Å². The molecular formula is C28H35N4O4P. The number of nitrogens with zero attached hydrogens (tertiary/aromatic N) is 3. The Balaban J connectivity index is 1.36. The van der Waals surface area contributed by atoms with Crippen LogP contribution >= 0.6 is 7.82 Å². The SMILES string of the molecule is CCCCc1nc2c(N)nc3ccccc3c2n1CC(C)OP1(=O)OCC(c2cccc(CC)c2)CO1. The van der Waals surface area contributed by atoms with Gasteiger partial charge in [0.25, 0.3) is 0 Å². The summed E-state index contributed by atoms with van der Waals surface area (Å²) < 4.78 is 32.9. The van der Waals surface area contributed by atoms with Gasteiger partial charge in [0.15, 0.2) is 5.82 Å². The fourth-order valence-corrected chi connectivity index (χ4v) is 6.34. The minimum atomic E-state index is -3.69. The lowest BCUT2D eigenvalue weighted by Gasteiger charge is -2.30. The lowest BCUT2D eigenvalue weighted by Crippen LogP contribution is -2.24. The summed E-state index contributed by atoms with van der Waals surface area (Å²) in [5.74, 6) is 1.34. The highest BCUT2D eigenvalue weighted by molar-refractivity contribution is 7.48. The number of aryl methyl sites for hydroxylation is 2. The van der Waals surface area contributed by atoms with E-state index in [4.69, 9.17) is 24.3 Å². The van der Waals surface area contributed by atoms with E-state index in [0.717, 1.165) is 53.5 Å². The first-order valence-corrected chi connectivity index (χ1v) is 14.6. The van der Waals surface area contributed by atoms with Crippen molar-refractivity contribution in [2.45, 2.75) is 65.0 Å². The Bertz CT molecular complexity index is 1440. The summed E-state index contributed by atoms with van der Waals surface area (Å²) in [6.45, 7) is 7.17. The van der Waals surface area contributed by atoms with Crippen molar-refractivity contribution in [3.05, 3.63) is 65.5 Å². The lowest BCUT2D eigenvalue weighted by atomic mass is 9.98. The van der Waals surface area contributed by atoms with E-state index >= 15 is 0 Å². The molecule has 0 amide bonds. The molecule has 3 heterocycles. The lowest BCUT2D eigenvalue weighted by molar-refractivity contribution is 0.0386. The molecule has 1 fully saturated rings. The molecule has 8 nitrogen and oxygen atoms in total. The third-order valence-corrected chi connectivity index (χ3v) is 8.44. The highest BCUT2D eigenvalue weighted by Crippen LogP contribution is 2.54. The van der Waals surface area contributed by atoms with Gasteiger partial charge in [0.2, 0.25) is 0 Å². The van der Waals surface area contributed by atoms with Crippen molar-refractivity contribution in [2.24, 2.45) is 0 Å². The molecule has 2 aromatic carbocycles. The number of rotatable bonds is 9. The Hall–Kier alpha value is -2.77. The van der Waals surface area contributed by atoms with E-state index in [1.807, 2.05) is 37.3 Å². The van der Waals surface area contributed by atoms with Crippen LogP contribution in [-0.2, 0) is 37.5 Å². The number of imidazole rings is 1. The molecule has 5 rings (SSSR count). The zero-order valence-electron chi connectivity index (χ0n) is 21.7. The van der Waals surface area contributed by atoms with Crippen LogP contribution in [0.4, 0.5) is 5.82 Å². The average molecular weight is 523 g/mol. The van der Waals surface area contributed by atoms with E-state index in [9.17, 15) is 4.57 Å². The number of hydrogen-bond donors (Lipinski definition) is 1. The summed E-state index contributed by atoms with van der Waals surface area (Å²) in [5, 5.41) is 0.975. The van der Waals surface area contributed by atoms with Gasteiger partial charge in [0, 0.05) is 17.7 Å². The molecule has 1 aliphatic heterocycles. The van der Waals surface area contributed by atoms with E-state index in [-0.39, 0.29) is 5.92 Å². The number of pyridine rings is 1. The normalized spacial score (nSPS) is 21.0. The maximum Gasteiger partial charge on any atom is 0.475 e. The third kappa shape index (κ3) is 5.43. The van der Waals surface area contributed by atoms with Gasteiger partial charge in [-0.1, -0.05) is 62.7 Å². The second-order valence-electron chi connectivity index (χ2n) is 9.70. The molecule has 1 aliphatic rings. The fourth-order valence-electron chi connectivity index (χ4n) is 4.91. The van der Waals surface area contributed by atoms with E-state index < -0.39 is 13.9 Å². The van der Waals surface area contributed by atoms with Gasteiger partial charge in [-0.05, 0) is 37.0 Å².